The molecule has 0 unspecified atom stereocenters. The Morgan fingerprint density at radius 3 is 2.46 bits per heavy atom. The van der Waals surface area contributed by atoms with E-state index in [4.69, 9.17) is 11.6 Å². The second kappa shape index (κ2) is 8.00. The predicted octanol–water partition coefficient (Wildman–Crippen LogP) is 2.40. The molecule has 0 saturated carbocycles. The van der Waals surface area contributed by atoms with E-state index in [1.54, 1.807) is 0 Å². The van der Waals surface area contributed by atoms with Gasteiger partial charge in [0, 0.05) is 18.5 Å². The van der Waals surface area contributed by atoms with Gasteiger partial charge in [-0.1, -0.05) is 18.0 Å². The fourth-order valence-corrected chi connectivity index (χ4v) is 5.40. The smallest absolute Gasteiger partial charge is 0.252 e. The van der Waals surface area contributed by atoms with E-state index >= 15 is 0 Å². The molecule has 28 heavy (non-hydrogen) atoms. The summed E-state index contributed by atoms with van der Waals surface area (Å²) in [5, 5.41) is 3.04. The third-order valence-electron chi connectivity index (χ3n) is 5.40. The molecule has 1 aromatic rings. The molecule has 0 radical (unpaired) electrons. The van der Waals surface area contributed by atoms with Crippen molar-refractivity contribution in [1.29, 1.82) is 0 Å². The zero-order valence-corrected chi connectivity index (χ0v) is 17.8. The molecule has 154 valence electrons. The lowest BCUT2D eigenvalue weighted by atomic mass is 9.98. The van der Waals surface area contributed by atoms with Crippen molar-refractivity contribution in [1.82, 2.24) is 10.2 Å². The lowest BCUT2D eigenvalue weighted by Gasteiger charge is -2.41. The van der Waals surface area contributed by atoms with Crippen molar-refractivity contribution in [2.75, 3.05) is 29.7 Å². The van der Waals surface area contributed by atoms with Crippen LogP contribution in [-0.4, -0.2) is 56.1 Å². The Kier molecular flexibility index (Phi) is 6.03. The van der Waals surface area contributed by atoms with E-state index in [9.17, 15) is 18.0 Å². The van der Waals surface area contributed by atoms with Crippen molar-refractivity contribution in [2.45, 2.75) is 45.1 Å². The molecule has 0 spiro atoms. The first-order chi connectivity index (χ1) is 13.1. The number of likely N-dealkylation sites (tertiary alicyclic amines) is 1. The molecule has 7 nitrogen and oxygen atoms in total. The van der Waals surface area contributed by atoms with Crippen molar-refractivity contribution in [3.05, 3.63) is 28.8 Å². The highest BCUT2D eigenvalue weighted by molar-refractivity contribution is 7.94. The zero-order chi connectivity index (χ0) is 20.5. The average Bonchev–Trinajstić information content (AvgIpc) is 2.93. The normalized spacial score (nSPS) is 20.4. The van der Waals surface area contributed by atoms with Crippen LogP contribution in [0.25, 0.3) is 0 Å². The number of carbonyl (C=O) groups is 2. The van der Waals surface area contributed by atoms with Crippen LogP contribution in [0.4, 0.5) is 5.69 Å². The summed E-state index contributed by atoms with van der Waals surface area (Å²) in [6.07, 6.45) is 3.54. The quantitative estimate of drug-likeness (QED) is 0.779. The lowest BCUT2D eigenvalue weighted by molar-refractivity contribution is -0.116. The molecule has 2 aliphatic heterocycles. The summed E-state index contributed by atoms with van der Waals surface area (Å²) in [4.78, 5) is 26.9. The van der Waals surface area contributed by atoms with Gasteiger partial charge in [0.1, 0.15) is 0 Å². The summed E-state index contributed by atoms with van der Waals surface area (Å²) in [6, 6.07) is 4.26. The van der Waals surface area contributed by atoms with Gasteiger partial charge in [-0.25, -0.2) is 12.7 Å². The molecule has 2 aliphatic rings. The van der Waals surface area contributed by atoms with Gasteiger partial charge in [0.25, 0.3) is 5.91 Å². The van der Waals surface area contributed by atoms with Crippen LogP contribution in [0, 0.1) is 0 Å². The third kappa shape index (κ3) is 4.34. The van der Waals surface area contributed by atoms with Gasteiger partial charge in [-0.3, -0.25) is 14.5 Å². The molecular weight excluding hydrogens is 402 g/mol. The van der Waals surface area contributed by atoms with Crippen LogP contribution in [0.15, 0.2) is 18.2 Å². The summed E-state index contributed by atoms with van der Waals surface area (Å²) in [5.41, 5.74) is 0.250. The maximum Gasteiger partial charge on any atom is 0.252 e. The van der Waals surface area contributed by atoms with Crippen LogP contribution in [0.3, 0.4) is 0 Å². The molecule has 0 aromatic heterocycles. The molecule has 2 amide bonds. The van der Waals surface area contributed by atoms with Gasteiger partial charge < -0.3 is 5.32 Å². The summed E-state index contributed by atoms with van der Waals surface area (Å²) >= 11 is 6.24. The summed E-state index contributed by atoms with van der Waals surface area (Å²) in [7, 11) is -3.66. The summed E-state index contributed by atoms with van der Waals surface area (Å²) in [6.45, 7) is 6.73. The molecule has 0 atom stereocenters. The first-order valence-corrected chi connectivity index (χ1v) is 11.5. The summed E-state index contributed by atoms with van der Waals surface area (Å²) in [5.74, 6) is -1.02. The van der Waals surface area contributed by atoms with Crippen LogP contribution in [0.1, 0.15) is 49.9 Å². The number of nitrogens with one attached hydrogen (secondary N) is 1. The highest BCUT2D eigenvalue weighted by Crippen LogP contribution is 2.29. The van der Waals surface area contributed by atoms with Gasteiger partial charge in [0.05, 0.1) is 22.0 Å². The molecular formula is C19H26ClN3O4S. The van der Waals surface area contributed by atoms with Gasteiger partial charge in [0.2, 0.25) is 15.9 Å². The van der Waals surface area contributed by atoms with Gasteiger partial charge in [-0.15, -0.1) is 0 Å². The first-order valence-electron chi connectivity index (χ1n) is 9.50. The molecule has 9 heteroatoms. The van der Waals surface area contributed by atoms with Crippen molar-refractivity contribution >= 4 is 39.1 Å². The number of hydrogen-bond acceptors (Lipinski definition) is 5. The Morgan fingerprint density at radius 2 is 1.89 bits per heavy atom. The van der Waals surface area contributed by atoms with Crippen LogP contribution >= 0.6 is 11.6 Å². The number of sulfonamides is 1. The first kappa shape index (κ1) is 21.1. The van der Waals surface area contributed by atoms with Crippen molar-refractivity contribution < 1.29 is 18.0 Å². The number of carbonyl (C=O) groups excluding carboxylic acids is 2. The minimum absolute atomic E-state index is 0.0478. The standard InChI is InChI=1S/C19H26ClN3O4S/c1-19(2,22-9-4-3-5-10-22)13-21-18(25)15-7-6-14(12-16(15)20)23-17(24)8-11-28(23,26)27/h6-7,12H,3-5,8-11,13H2,1-2H3,(H,21,25). The molecule has 1 aromatic carbocycles. The molecule has 0 aliphatic carbocycles. The van der Waals surface area contributed by atoms with E-state index in [1.165, 1.54) is 37.5 Å². The average molecular weight is 428 g/mol. The largest absolute Gasteiger partial charge is 0.350 e. The Bertz CT molecular complexity index is 879. The van der Waals surface area contributed by atoms with E-state index in [-0.39, 0.29) is 39.9 Å². The fourth-order valence-electron chi connectivity index (χ4n) is 3.69. The summed E-state index contributed by atoms with van der Waals surface area (Å²) < 4.78 is 24.9. The lowest BCUT2D eigenvalue weighted by Crippen LogP contribution is -2.53. The number of nitrogens with zero attached hydrogens (tertiary/aromatic N) is 2. The van der Waals surface area contributed by atoms with Crippen molar-refractivity contribution in [3.63, 3.8) is 0 Å². The minimum Gasteiger partial charge on any atom is -0.350 e. The van der Waals surface area contributed by atoms with Gasteiger partial charge in [0.15, 0.2) is 0 Å². The molecule has 2 saturated heterocycles. The monoisotopic (exact) mass is 427 g/mol. The van der Waals surface area contributed by atoms with E-state index in [2.05, 4.69) is 24.1 Å². The number of rotatable bonds is 5. The Morgan fingerprint density at radius 1 is 1.21 bits per heavy atom. The van der Waals surface area contributed by atoms with E-state index in [0.717, 1.165) is 17.4 Å². The Hall–Kier alpha value is -1.64. The molecule has 2 fully saturated rings. The van der Waals surface area contributed by atoms with Gasteiger partial charge in [-0.2, -0.15) is 0 Å². The Balaban J connectivity index is 1.70. The van der Waals surface area contributed by atoms with Crippen LogP contribution < -0.4 is 9.62 Å². The van der Waals surface area contributed by atoms with E-state index in [1.807, 2.05) is 0 Å². The van der Waals surface area contributed by atoms with Gasteiger partial charge >= 0.3 is 0 Å². The third-order valence-corrected chi connectivity index (χ3v) is 7.41. The van der Waals surface area contributed by atoms with Crippen molar-refractivity contribution in [2.24, 2.45) is 0 Å². The fraction of sp³-hybridized carbons (Fsp3) is 0.579. The number of piperidine rings is 1. The number of anilines is 1. The number of halogens is 1. The Labute approximate surface area is 171 Å². The molecule has 2 heterocycles. The maximum absolute atomic E-state index is 12.6. The highest BCUT2D eigenvalue weighted by atomic mass is 35.5. The number of benzene rings is 1. The zero-order valence-electron chi connectivity index (χ0n) is 16.2. The second-order valence-corrected chi connectivity index (χ2v) is 10.3. The molecule has 3 rings (SSSR count). The highest BCUT2D eigenvalue weighted by Gasteiger charge is 2.36. The van der Waals surface area contributed by atoms with Crippen LogP contribution in [0.5, 0.6) is 0 Å². The van der Waals surface area contributed by atoms with Gasteiger partial charge in [-0.05, 0) is 58.0 Å². The van der Waals surface area contributed by atoms with E-state index in [0.29, 0.717) is 6.54 Å². The topological polar surface area (TPSA) is 86.8 Å². The maximum atomic E-state index is 12.6. The van der Waals surface area contributed by atoms with Crippen molar-refractivity contribution in [3.8, 4) is 0 Å². The van der Waals surface area contributed by atoms with Crippen LogP contribution in [0.2, 0.25) is 5.02 Å². The van der Waals surface area contributed by atoms with Crippen LogP contribution in [-0.2, 0) is 14.8 Å². The number of amides is 2. The molecule has 0 bridgehead atoms. The minimum atomic E-state index is -3.66. The number of hydrogen-bond donors (Lipinski definition) is 1. The molecule has 1 N–H and O–H groups in total. The second-order valence-electron chi connectivity index (χ2n) is 7.93. The van der Waals surface area contributed by atoms with E-state index < -0.39 is 15.9 Å². The SMILES string of the molecule is CC(C)(CNC(=O)c1ccc(N2C(=O)CCS2(=O)=O)cc1Cl)N1CCCCC1. The predicted molar refractivity (Wildman–Crippen MR) is 109 cm³/mol.